The van der Waals surface area contributed by atoms with Gasteiger partial charge in [-0.25, -0.2) is 4.79 Å². The largest absolute Gasteiger partial charge is 0.477 e. The summed E-state index contributed by atoms with van der Waals surface area (Å²) in [5, 5.41) is 24.8. The van der Waals surface area contributed by atoms with E-state index in [4.69, 9.17) is 0 Å². The molecule has 0 bridgehead atoms. The quantitative estimate of drug-likeness (QED) is 0.481. The molecule has 0 aromatic carbocycles. The molecule has 0 saturated carbocycles. The fourth-order valence-electron chi connectivity index (χ4n) is 3.03. The van der Waals surface area contributed by atoms with Gasteiger partial charge in [0.15, 0.2) is 4.34 Å². The molecule has 152 valence electrons. The Morgan fingerprint density at radius 1 is 1.41 bits per heavy atom. The zero-order chi connectivity index (χ0) is 20.7. The third-order valence-electron chi connectivity index (χ3n) is 4.36. The van der Waals surface area contributed by atoms with Gasteiger partial charge in [0, 0.05) is 24.8 Å². The average Bonchev–Trinajstić information content (AvgIpc) is 3.31. The van der Waals surface area contributed by atoms with Crippen LogP contribution in [0.15, 0.2) is 27.9 Å². The summed E-state index contributed by atoms with van der Waals surface area (Å²) in [6, 6.07) is 0.779. The van der Waals surface area contributed by atoms with Crippen LogP contribution in [-0.2, 0) is 16.6 Å². The first-order valence-corrected chi connectivity index (χ1v) is 11.3. The Morgan fingerprint density at radius 3 is 2.83 bits per heavy atom. The number of rotatable bonds is 6. The number of hydrogen-bond acceptors (Lipinski definition) is 9. The van der Waals surface area contributed by atoms with Crippen molar-refractivity contribution < 1.29 is 19.5 Å². The Hall–Kier alpha value is -2.38. The predicted molar refractivity (Wildman–Crippen MR) is 108 cm³/mol. The Morgan fingerprint density at radius 2 is 2.21 bits per heavy atom. The molecule has 1 saturated heterocycles. The van der Waals surface area contributed by atoms with Crippen molar-refractivity contribution in [2.45, 2.75) is 22.7 Å². The molecule has 29 heavy (non-hydrogen) atoms. The normalized spacial score (nSPS) is 21.0. The van der Waals surface area contributed by atoms with Gasteiger partial charge in [0.2, 0.25) is 0 Å². The summed E-state index contributed by atoms with van der Waals surface area (Å²) in [5.41, 5.74) is 0.855. The van der Waals surface area contributed by atoms with Crippen LogP contribution in [0.1, 0.15) is 15.5 Å². The van der Waals surface area contributed by atoms with Gasteiger partial charge in [0.25, 0.3) is 11.8 Å². The van der Waals surface area contributed by atoms with E-state index in [1.165, 1.54) is 44.4 Å². The van der Waals surface area contributed by atoms with Gasteiger partial charge in [-0.1, -0.05) is 23.1 Å². The van der Waals surface area contributed by atoms with Crippen LogP contribution in [0.3, 0.4) is 0 Å². The monoisotopic (exact) mass is 452 g/mol. The first-order valence-electron chi connectivity index (χ1n) is 8.48. The third-order valence-corrected chi connectivity index (χ3v) is 7.76. The van der Waals surface area contributed by atoms with E-state index in [1.54, 1.807) is 19.3 Å². The number of amides is 2. The van der Waals surface area contributed by atoms with Gasteiger partial charge in [-0.2, -0.15) is 5.10 Å². The molecule has 13 heteroatoms. The maximum atomic E-state index is 12.7. The maximum Gasteiger partial charge on any atom is 0.352 e. The smallest absolute Gasteiger partial charge is 0.352 e. The molecule has 2 aliphatic heterocycles. The Kier molecular flexibility index (Phi) is 5.36. The summed E-state index contributed by atoms with van der Waals surface area (Å²) in [7, 11) is 1.69. The topological polar surface area (TPSA) is 130 Å². The van der Waals surface area contributed by atoms with Crippen LogP contribution in [0.5, 0.6) is 0 Å². The Bertz CT molecular complexity index is 1030. The molecule has 0 spiro atoms. The summed E-state index contributed by atoms with van der Waals surface area (Å²) in [6.07, 6.45) is 1.63. The van der Waals surface area contributed by atoms with E-state index < -0.39 is 29.2 Å². The van der Waals surface area contributed by atoms with E-state index >= 15 is 0 Å². The number of thioether (sulfide) groups is 2. The average molecular weight is 453 g/mol. The summed E-state index contributed by atoms with van der Waals surface area (Å²) in [4.78, 5) is 38.1. The van der Waals surface area contributed by atoms with Gasteiger partial charge in [-0.05, 0) is 18.6 Å². The number of hydrogen-bond donors (Lipinski definition) is 2. The van der Waals surface area contributed by atoms with Gasteiger partial charge in [0.05, 0.1) is 0 Å². The number of carboxylic acids is 1. The minimum absolute atomic E-state index is 0.00387. The van der Waals surface area contributed by atoms with E-state index in [9.17, 15) is 19.5 Å². The molecule has 2 aliphatic rings. The van der Waals surface area contributed by atoms with Crippen LogP contribution in [0.2, 0.25) is 0 Å². The molecule has 10 nitrogen and oxygen atoms in total. The van der Waals surface area contributed by atoms with Crippen LogP contribution in [0.25, 0.3) is 0 Å². The highest BCUT2D eigenvalue weighted by Gasteiger charge is 2.54. The van der Waals surface area contributed by atoms with Crippen molar-refractivity contribution in [3.8, 4) is 0 Å². The van der Waals surface area contributed by atoms with Crippen molar-refractivity contribution in [2.75, 3.05) is 11.5 Å². The second-order valence-corrected chi connectivity index (χ2v) is 9.88. The SMILES string of the molecule is Cc1nnc(SCC2=C(C(=O)O)N3C(=O)C(NC(=O)c4ccn(C)n4)C3SC2)s1. The first kappa shape index (κ1) is 19.9. The molecule has 2 atom stereocenters. The lowest BCUT2D eigenvalue weighted by atomic mass is 10.0. The molecule has 2 N–H and O–H groups in total. The number of nitrogens with zero attached hydrogens (tertiary/aromatic N) is 5. The molecule has 0 radical (unpaired) electrons. The van der Waals surface area contributed by atoms with Crippen LogP contribution in [0, 0.1) is 6.92 Å². The Labute approximate surface area is 177 Å². The zero-order valence-corrected chi connectivity index (χ0v) is 17.8. The highest BCUT2D eigenvalue weighted by atomic mass is 32.2. The van der Waals surface area contributed by atoms with Gasteiger partial charge >= 0.3 is 5.97 Å². The van der Waals surface area contributed by atoms with E-state index in [0.717, 1.165) is 9.35 Å². The van der Waals surface area contributed by atoms with Crippen molar-refractivity contribution in [3.63, 3.8) is 0 Å². The van der Waals surface area contributed by atoms with Crippen molar-refractivity contribution in [3.05, 3.63) is 34.2 Å². The van der Waals surface area contributed by atoms with Crippen LogP contribution in [0.4, 0.5) is 0 Å². The molecule has 2 aromatic heterocycles. The van der Waals surface area contributed by atoms with Crippen molar-refractivity contribution >= 4 is 52.6 Å². The van der Waals surface area contributed by atoms with E-state index in [0.29, 0.717) is 17.1 Å². The van der Waals surface area contributed by atoms with Crippen molar-refractivity contribution in [2.24, 2.45) is 7.05 Å². The highest BCUT2D eigenvalue weighted by molar-refractivity contribution is 8.01. The summed E-state index contributed by atoms with van der Waals surface area (Å²) in [6.45, 7) is 1.85. The van der Waals surface area contributed by atoms with Crippen LogP contribution in [-0.4, -0.2) is 70.7 Å². The number of aromatic nitrogens is 4. The molecule has 1 fully saturated rings. The summed E-state index contributed by atoms with van der Waals surface area (Å²) in [5.74, 6) is -1.18. The number of nitrogens with one attached hydrogen (secondary N) is 1. The lowest BCUT2D eigenvalue weighted by molar-refractivity contribution is -0.148. The molecule has 0 aliphatic carbocycles. The minimum atomic E-state index is -1.15. The second kappa shape index (κ2) is 7.80. The molecule has 2 amide bonds. The van der Waals surface area contributed by atoms with Crippen LogP contribution >= 0.6 is 34.9 Å². The number of carbonyl (C=O) groups is 3. The number of carboxylic acid groups (broad SMARTS) is 1. The van der Waals surface area contributed by atoms with Gasteiger partial charge in [-0.3, -0.25) is 19.2 Å². The molecule has 4 heterocycles. The zero-order valence-electron chi connectivity index (χ0n) is 15.4. The Balaban J connectivity index is 1.48. The number of carbonyl (C=O) groups excluding carboxylic acids is 2. The highest BCUT2D eigenvalue weighted by Crippen LogP contribution is 2.41. The molecule has 2 unspecified atom stereocenters. The van der Waals surface area contributed by atoms with Gasteiger partial charge in [0.1, 0.15) is 27.8 Å². The summed E-state index contributed by atoms with van der Waals surface area (Å²) >= 11 is 4.27. The fraction of sp³-hybridized carbons (Fsp3) is 0.375. The lowest BCUT2D eigenvalue weighted by Gasteiger charge is -2.49. The number of aliphatic carboxylic acids is 1. The van der Waals surface area contributed by atoms with Crippen LogP contribution < -0.4 is 5.32 Å². The number of fused-ring (bicyclic) bond motifs is 1. The number of aryl methyl sites for hydroxylation is 2. The summed E-state index contributed by atoms with van der Waals surface area (Å²) < 4.78 is 2.25. The molecular formula is C16H16N6O4S3. The number of β-lactam (4-membered cyclic amide) rings is 1. The minimum Gasteiger partial charge on any atom is -0.477 e. The predicted octanol–water partition coefficient (Wildman–Crippen LogP) is 0.725. The van der Waals surface area contributed by atoms with Crippen molar-refractivity contribution in [1.82, 2.24) is 30.2 Å². The van der Waals surface area contributed by atoms with Gasteiger partial charge < -0.3 is 10.4 Å². The van der Waals surface area contributed by atoms with Gasteiger partial charge in [-0.15, -0.1) is 22.0 Å². The van der Waals surface area contributed by atoms with Crippen molar-refractivity contribution in [1.29, 1.82) is 0 Å². The van der Waals surface area contributed by atoms with E-state index in [2.05, 4.69) is 20.6 Å². The first-order chi connectivity index (χ1) is 13.8. The molecule has 4 rings (SSSR count). The van der Waals surface area contributed by atoms with E-state index in [-0.39, 0.29) is 11.4 Å². The maximum absolute atomic E-state index is 12.7. The van der Waals surface area contributed by atoms with E-state index in [1.807, 2.05) is 6.92 Å². The molecule has 2 aromatic rings. The third kappa shape index (κ3) is 3.76. The molecular weight excluding hydrogens is 436 g/mol. The fourth-order valence-corrected chi connectivity index (χ4v) is 6.33. The lowest BCUT2D eigenvalue weighted by Crippen LogP contribution is -2.70. The standard InChI is InChI=1S/C16H16N6O4S3/c1-7-18-19-16(29-7)28-6-8-5-27-14-10(13(24)22(14)11(8)15(25)26)17-12(23)9-3-4-21(2)20-9/h3-4,10,14H,5-6H2,1-2H3,(H,17,23)(H,25,26). The second-order valence-electron chi connectivity index (χ2n) is 6.37.